The van der Waals surface area contributed by atoms with Gasteiger partial charge in [-0.05, 0) is 116 Å². The summed E-state index contributed by atoms with van der Waals surface area (Å²) < 4.78 is 10.9. The number of nitrogens with zero attached hydrogens (tertiary/aromatic N) is 9. The number of anilines is 4. The number of likely N-dealkylation sites (N-methyl/N-ethyl adjacent to an activating group) is 2. The van der Waals surface area contributed by atoms with Crippen molar-refractivity contribution in [2.24, 2.45) is 9.98 Å². The topological polar surface area (TPSA) is 159 Å². The minimum absolute atomic E-state index is 0.136. The number of methoxy groups -OCH3 is 1. The molecule has 21 heteroatoms. The van der Waals surface area contributed by atoms with Crippen LogP contribution in [0.5, 0.6) is 6.01 Å². The Morgan fingerprint density at radius 2 is 1.44 bits per heavy atom. The third-order valence-electron chi connectivity index (χ3n) is 13.8. The first-order valence-corrected chi connectivity index (χ1v) is 27.2. The summed E-state index contributed by atoms with van der Waals surface area (Å²) in [5, 5.41) is 14.3. The van der Waals surface area contributed by atoms with Gasteiger partial charge in [-0.1, -0.05) is 83.3 Å². The van der Waals surface area contributed by atoms with Crippen LogP contribution in [0.3, 0.4) is 0 Å². The van der Waals surface area contributed by atoms with Gasteiger partial charge < -0.3 is 44.7 Å². The lowest BCUT2D eigenvalue weighted by molar-refractivity contribution is -0.120. The number of carbonyl (C=O) groups excluding carboxylic acids is 2. The van der Waals surface area contributed by atoms with E-state index < -0.39 is 12.3 Å². The lowest BCUT2D eigenvalue weighted by atomic mass is 10.00. The normalized spacial score (nSPS) is 17.3. The van der Waals surface area contributed by atoms with E-state index in [2.05, 4.69) is 77.2 Å². The molecule has 398 valence electrons. The highest BCUT2D eigenvalue weighted by Crippen LogP contribution is 2.34. The van der Waals surface area contributed by atoms with Crippen LogP contribution in [-0.2, 0) is 16.1 Å². The Kier molecular flexibility index (Phi) is 16.7. The molecule has 0 spiro atoms. The SMILES string of the molecule is CN1C(=O)C(NC(=S)Nc2ccc(N3CCCCC3)c(Cl)c2)N=C(c2ccccc2Cl)c2cc(Cl)ccc21.COc1ncc2c3c4cc(c#coc2n1)ccc4N(C)C(=O)C(NC(=S)N1CCN(Cc2ccccc2)CC1)N=3. The van der Waals surface area contributed by atoms with Gasteiger partial charge in [0.1, 0.15) is 6.26 Å². The zero-order valence-electron chi connectivity index (χ0n) is 42.8. The van der Waals surface area contributed by atoms with Crippen molar-refractivity contribution >= 4 is 132 Å². The molecule has 2 saturated heterocycles. The number of piperazine rings is 1. The Morgan fingerprint density at radius 1 is 0.731 bits per heavy atom. The Hall–Kier alpha value is -7.37. The van der Waals surface area contributed by atoms with E-state index in [1.807, 2.05) is 60.7 Å². The molecule has 0 aliphatic carbocycles. The number of nitrogens with one attached hydrogen (secondary N) is 3. The first kappa shape index (κ1) is 54.0. The molecule has 6 heterocycles. The molecular weight excluding hydrogens is 1090 g/mol. The molecule has 2 atom stereocenters. The second-order valence-corrected chi connectivity index (χ2v) is 20.9. The van der Waals surface area contributed by atoms with E-state index in [4.69, 9.17) is 78.4 Å². The third kappa shape index (κ3) is 12.0. The fourth-order valence-electron chi connectivity index (χ4n) is 9.72. The smallest absolute Gasteiger partial charge is 0.319 e. The lowest BCUT2D eigenvalue weighted by Crippen LogP contribution is -2.55. The zero-order chi connectivity index (χ0) is 54.5. The molecule has 2 unspecified atom stereocenters. The molecule has 3 N–H and O–H groups in total. The minimum Gasteiger partial charge on any atom is -0.467 e. The number of fused-ring (bicyclic) bond motifs is 4. The van der Waals surface area contributed by atoms with Crippen molar-refractivity contribution in [2.75, 3.05) is 80.5 Å². The van der Waals surface area contributed by atoms with Crippen LogP contribution in [0.1, 0.15) is 36.0 Å². The van der Waals surface area contributed by atoms with Crippen molar-refractivity contribution in [2.45, 2.75) is 38.1 Å². The second kappa shape index (κ2) is 24.1. The predicted molar refractivity (Wildman–Crippen MR) is 317 cm³/mol. The maximum Gasteiger partial charge on any atom is 0.319 e. The molecule has 4 aliphatic rings. The van der Waals surface area contributed by atoms with Gasteiger partial charge in [0.2, 0.25) is 18.0 Å². The quantitative estimate of drug-likeness (QED) is 0.124. The van der Waals surface area contributed by atoms with E-state index in [0.29, 0.717) is 70.2 Å². The molecular formula is C57H53Cl3N12O4S2. The number of amides is 2. The average molecular weight is 1140 g/mol. The van der Waals surface area contributed by atoms with Gasteiger partial charge in [0.05, 0.1) is 45.6 Å². The molecule has 0 saturated carbocycles. The Morgan fingerprint density at radius 3 is 2.18 bits per heavy atom. The number of hydrogen-bond donors (Lipinski definition) is 3. The fourth-order valence-corrected chi connectivity index (χ4v) is 10.9. The van der Waals surface area contributed by atoms with Crippen LogP contribution in [0.2, 0.25) is 15.1 Å². The average Bonchev–Trinajstić information content (AvgIpc) is 3.74. The summed E-state index contributed by atoms with van der Waals surface area (Å²) in [6.07, 6.45) is 5.88. The highest BCUT2D eigenvalue weighted by Gasteiger charge is 2.33. The van der Waals surface area contributed by atoms with Crippen molar-refractivity contribution in [3.8, 4) is 6.01 Å². The largest absolute Gasteiger partial charge is 0.467 e. The van der Waals surface area contributed by atoms with Crippen LogP contribution in [0.15, 0.2) is 130 Å². The van der Waals surface area contributed by atoms with E-state index >= 15 is 0 Å². The molecule has 2 aromatic heterocycles. The number of rotatable bonds is 8. The summed E-state index contributed by atoms with van der Waals surface area (Å²) in [5.41, 5.74) is 6.49. The van der Waals surface area contributed by atoms with Crippen molar-refractivity contribution < 1.29 is 18.7 Å². The number of benzene rings is 5. The third-order valence-corrected chi connectivity index (χ3v) is 15.3. The summed E-state index contributed by atoms with van der Waals surface area (Å²) in [6, 6.07) is 37.6. The second-order valence-electron chi connectivity index (χ2n) is 18.8. The summed E-state index contributed by atoms with van der Waals surface area (Å²) in [4.78, 5) is 55.4. The monoisotopic (exact) mass is 1140 g/mol. The Bertz CT molecular complexity index is 3570. The molecule has 2 bridgehead atoms. The van der Waals surface area contributed by atoms with Crippen molar-refractivity contribution in [3.63, 3.8) is 0 Å². The Labute approximate surface area is 477 Å². The van der Waals surface area contributed by atoms with Gasteiger partial charge in [0, 0.05) is 104 Å². The van der Waals surface area contributed by atoms with E-state index in [1.54, 1.807) is 54.4 Å². The van der Waals surface area contributed by atoms with E-state index in [1.165, 1.54) is 31.9 Å². The number of piperidine rings is 1. The number of ether oxygens (including phenoxy) is 1. The maximum atomic E-state index is 13.7. The molecule has 2 amide bonds. The predicted octanol–water partition coefficient (Wildman–Crippen LogP) is 9.21. The van der Waals surface area contributed by atoms with Crippen LogP contribution in [0.25, 0.3) is 21.9 Å². The fraction of sp³-hybridized carbons (Fsp3) is 0.263. The molecule has 16 nitrogen and oxygen atoms in total. The molecule has 0 radical (unpaired) electrons. The first-order valence-electron chi connectivity index (χ1n) is 25.2. The summed E-state index contributed by atoms with van der Waals surface area (Å²) in [5.74, 6) is -0.521. The van der Waals surface area contributed by atoms with E-state index in [9.17, 15) is 9.59 Å². The minimum atomic E-state index is -0.999. The zero-order valence-corrected chi connectivity index (χ0v) is 46.7. The van der Waals surface area contributed by atoms with Gasteiger partial charge in [-0.15, -0.1) is 0 Å². The van der Waals surface area contributed by atoms with Crippen LogP contribution in [0, 0.1) is 12.3 Å². The van der Waals surface area contributed by atoms with Crippen LogP contribution >= 0.6 is 59.2 Å². The van der Waals surface area contributed by atoms with Crippen molar-refractivity contribution in [3.05, 3.63) is 165 Å². The van der Waals surface area contributed by atoms with Crippen LogP contribution in [0.4, 0.5) is 22.7 Å². The summed E-state index contributed by atoms with van der Waals surface area (Å²) in [7, 11) is 4.90. The molecule has 2 fully saturated rings. The highest BCUT2D eigenvalue weighted by molar-refractivity contribution is 7.80. The molecule has 7 aromatic rings. The number of aromatic nitrogens is 2. The standard InChI is InChI=1S/C29H27N7O3S.C28H26Cl3N5OS/c1-34-23-9-8-19-10-15-39-26-22(17-30-28(33-26)38-2)24(21(23)16-19)31-25(27(34)37)32-29(40)36-13-11-35(12-14-36)18-20-6-4-3-5-7-20;1-35-23-11-9-17(29)15-20(23)25(19-7-3-4-8-21(19)30)33-26(27(35)37)34-28(38)32-18-10-12-24(22(31)16-18)36-13-5-2-6-14-36/h3-9,16-17,25H,11-14,18H2,1-2H3,(H,32,40);3-4,7-12,15-16,26H,2,5-6,13-14H2,1H3,(H2,32,34,38). The number of hydrogen-bond acceptors (Lipinski definition) is 12. The van der Waals surface area contributed by atoms with Crippen molar-refractivity contribution in [1.29, 1.82) is 0 Å². The van der Waals surface area contributed by atoms with Crippen LogP contribution < -0.4 is 40.7 Å². The van der Waals surface area contributed by atoms with Gasteiger partial charge in [-0.2, -0.15) is 4.98 Å². The maximum absolute atomic E-state index is 13.7. The molecule has 11 rings (SSSR count). The number of benzodiazepines with no additional fused rings is 1. The van der Waals surface area contributed by atoms with Gasteiger partial charge in [0.25, 0.3) is 11.8 Å². The van der Waals surface area contributed by atoms with E-state index in [-0.39, 0.29) is 28.7 Å². The van der Waals surface area contributed by atoms with E-state index in [0.717, 1.165) is 56.9 Å². The number of aliphatic imine (C=N–C) groups is 1. The van der Waals surface area contributed by atoms with Gasteiger partial charge in [0.15, 0.2) is 10.2 Å². The lowest BCUT2D eigenvalue weighted by Gasteiger charge is -2.36. The van der Waals surface area contributed by atoms with Gasteiger partial charge in [-0.3, -0.25) is 14.5 Å². The molecule has 78 heavy (non-hydrogen) atoms. The number of halogens is 3. The summed E-state index contributed by atoms with van der Waals surface area (Å²) in [6.45, 7) is 6.12. The molecule has 4 aliphatic heterocycles. The first-order chi connectivity index (χ1) is 37.8. The number of carbonyl (C=O) groups is 2. The van der Waals surface area contributed by atoms with Gasteiger partial charge in [-0.25, -0.2) is 15.0 Å². The highest BCUT2D eigenvalue weighted by atomic mass is 35.5. The number of thiocarbonyl (C=S) groups is 2. The molecule has 5 aromatic carbocycles. The Balaban J connectivity index is 0.000000177. The van der Waals surface area contributed by atoms with Gasteiger partial charge >= 0.3 is 6.01 Å². The summed E-state index contributed by atoms with van der Waals surface area (Å²) >= 11 is 30.9. The van der Waals surface area contributed by atoms with Crippen molar-refractivity contribution in [1.82, 2.24) is 30.4 Å². The van der Waals surface area contributed by atoms with Crippen LogP contribution in [-0.4, -0.2) is 120 Å².